The van der Waals surface area contributed by atoms with Gasteiger partial charge < -0.3 is 14.7 Å². The molecule has 1 N–H and O–H groups in total. The maximum absolute atomic E-state index is 14.5. The van der Waals surface area contributed by atoms with Crippen LogP contribution < -0.4 is 4.74 Å². The third-order valence-corrected chi connectivity index (χ3v) is 5.78. The van der Waals surface area contributed by atoms with Crippen molar-refractivity contribution >= 4 is 11.9 Å². The number of benzene rings is 3. The number of ether oxygens (including phenoxy) is 1. The van der Waals surface area contributed by atoms with Gasteiger partial charge in [0.2, 0.25) is 0 Å². The number of carbonyl (C=O) groups is 2. The number of carboxylic acids is 1. The fourth-order valence-corrected chi connectivity index (χ4v) is 4.25. The number of hydrogen-bond donors (Lipinski definition) is 1. The molecule has 0 radical (unpaired) electrons. The summed E-state index contributed by atoms with van der Waals surface area (Å²) in [5.74, 6) is -3.44. The minimum atomic E-state index is -1.19. The Hall–Kier alpha value is -3.74. The van der Waals surface area contributed by atoms with Gasteiger partial charge >= 0.3 is 5.97 Å². The monoisotopic (exact) mass is 437 g/mol. The molecule has 32 heavy (non-hydrogen) atoms. The average Bonchev–Trinajstić information content (AvgIpc) is 3.25. The minimum Gasteiger partial charge on any atom is -0.496 e. The van der Waals surface area contributed by atoms with Gasteiger partial charge in [-0.25, -0.2) is 13.6 Å². The molecule has 0 aromatic heterocycles. The molecule has 7 heteroatoms. The average molecular weight is 437 g/mol. The first-order valence-corrected chi connectivity index (χ1v) is 10.1. The number of nitrogens with zero attached hydrogens (tertiary/aromatic N) is 1. The third kappa shape index (κ3) is 3.82. The predicted molar refractivity (Wildman–Crippen MR) is 114 cm³/mol. The highest BCUT2D eigenvalue weighted by Gasteiger charge is 2.43. The third-order valence-electron chi connectivity index (χ3n) is 5.78. The second-order valence-corrected chi connectivity index (χ2v) is 7.58. The van der Waals surface area contributed by atoms with E-state index < -0.39 is 35.6 Å². The molecule has 3 aromatic rings. The molecule has 4 rings (SSSR count). The van der Waals surface area contributed by atoms with E-state index in [0.717, 1.165) is 22.1 Å². The van der Waals surface area contributed by atoms with Crippen molar-refractivity contribution in [3.8, 4) is 16.9 Å². The maximum Gasteiger partial charge on any atom is 0.326 e. The van der Waals surface area contributed by atoms with Gasteiger partial charge in [-0.1, -0.05) is 42.5 Å². The van der Waals surface area contributed by atoms with Crippen LogP contribution in [0.15, 0.2) is 66.7 Å². The number of amides is 1. The van der Waals surface area contributed by atoms with Crippen molar-refractivity contribution in [2.75, 3.05) is 7.11 Å². The topological polar surface area (TPSA) is 66.8 Å². The van der Waals surface area contributed by atoms with Crippen LogP contribution in [0.2, 0.25) is 0 Å². The lowest BCUT2D eigenvalue weighted by atomic mass is 10.0. The van der Waals surface area contributed by atoms with Gasteiger partial charge in [-0.3, -0.25) is 4.79 Å². The Balaban J connectivity index is 1.75. The predicted octanol–water partition coefficient (Wildman–Crippen LogP) is 5.07. The van der Waals surface area contributed by atoms with Crippen molar-refractivity contribution in [2.45, 2.75) is 24.9 Å². The molecule has 1 aliphatic heterocycles. The Kier molecular flexibility index (Phi) is 5.90. The van der Waals surface area contributed by atoms with Gasteiger partial charge in [0.1, 0.15) is 11.8 Å². The van der Waals surface area contributed by atoms with Crippen molar-refractivity contribution in [1.82, 2.24) is 4.90 Å². The van der Waals surface area contributed by atoms with Crippen molar-refractivity contribution in [1.29, 1.82) is 0 Å². The van der Waals surface area contributed by atoms with Gasteiger partial charge in [-0.15, -0.1) is 0 Å². The van der Waals surface area contributed by atoms with E-state index in [1.165, 1.54) is 19.2 Å². The molecule has 1 aliphatic rings. The lowest BCUT2D eigenvalue weighted by molar-refractivity contribution is -0.141. The zero-order valence-electron chi connectivity index (χ0n) is 17.3. The first kappa shape index (κ1) is 21.5. The van der Waals surface area contributed by atoms with E-state index in [1.54, 1.807) is 18.2 Å². The van der Waals surface area contributed by atoms with Crippen LogP contribution in [0.1, 0.15) is 34.8 Å². The standard InChI is InChI=1S/C25H21F2NO4/c1-32-22-14-16(10-11-17(22)15-6-3-2-4-7-15)24(29)28-20(12-13-21(28)25(30)31)18-8-5-9-19(26)23(18)27/h2-11,14,20-21H,12-13H2,1H3,(H,30,31)/t20-,21+/m1/s1. The fraction of sp³-hybridized carbons (Fsp3) is 0.200. The van der Waals surface area contributed by atoms with Crippen LogP contribution in [0, 0.1) is 11.6 Å². The molecule has 0 aliphatic carbocycles. The number of rotatable bonds is 5. The second-order valence-electron chi connectivity index (χ2n) is 7.58. The fourth-order valence-electron chi connectivity index (χ4n) is 4.25. The Labute approximate surface area is 183 Å². The SMILES string of the molecule is COc1cc(C(=O)N2[C@@H](c3cccc(F)c3F)CC[C@H]2C(=O)O)ccc1-c1ccccc1. The maximum atomic E-state index is 14.5. The molecule has 1 amide bonds. The van der Waals surface area contributed by atoms with E-state index in [0.29, 0.717) is 5.75 Å². The Bertz CT molecular complexity index is 1170. The summed E-state index contributed by atoms with van der Waals surface area (Å²) in [5.41, 5.74) is 1.84. The molecule has 2 atom stereocenters. The highest BCUT2D eigenvalue weighted by Crippen LogP contribution is 2.40. The second kappa shape index (κ2) is 8.78. The smallest absolute Gasteiger partial charge is 0.326 e. The van der Waals surface area contributed by atoms with Gasteiger partial charge in [-0.2, -0.15) is 0 Å². The number of carbonyl (C=O) groups excluding carboxylic acids is 1. The molecule has 0 unspecified atom stereocenters. The summed E-state index contributed by atoms with van der Waals surface area (Å²) in [6.07, 6.45) is 0.350. The lowest BCUT2D eigenvalue weighted by Gasteiger charge is -2.29. The van der Waals surface area contributed by atoms with Crippen LogP contribution in [0.25, 0.3) is 11.1 Å². The number of halogens is 2. The molecule has 0 saturated carbocycles. The van der Waals surface area contributed by atoms with Gasteiger partial charge in [0.05, 0.1) is 13.2 Å². The molecule has 0 spiro atoms. The molecular formula is C25H21F2NO4. The summed E-state index contributed by atoms with van der Waals surface area (Å²) in [5, 5.41) is 9.68. The molecule has 1 fully saturated rings. The Morgan fingerprint density at radius 2 is 1.75 bits per heavy atom. The minimum absolute atomic E-state index is 0.0324. The van der Waals surface area contributed by atoms with E-state index >= 15 is 0 Å². The molecule has 1 heterocycles. The Morgan fingerprint density at radius 1 is 1.00 bits per heavy atom. The van der Waals surface area contributed by atoms with Gasteiger partial charge in [0.25, 0.3) is 5.91 Å². The van der Waals surface area contributed by atoms with Crippen LogP contribution in [-0.4, -0.2) is 35.0 Å². The van der Waals surface area contributed by atoms with E-state index in [4.69, 9.17) is 4.74 Å². The lowest BCUT2D eigenvalue weighted by Crippen LogP contribution is -2.42. The van der Waals surface area contributed by atoms with Crippen molar-refractivity contribution in [3.05, 3.63) is 89.5 Å². The number of aliphatic carboxylic acids is 1. The van der Waals surface area contributed by atoms with E-state index in [-0.39, 0.29) is 24.0 Å². The van der Waals surface area contributed by atoms with Crippen molar-refractivity contribution in [2.24, 2.45) is 0 Å². The quantitative estimate of drug-likeness (QED) is 0.605. The van der Waals surface area contributed by atoms with E-state index in [2.05, 4.69) is 0 Å². The van der Waals surface area contributed by atoms with Gasteiger partial charge in [-0.05, 0) is 42.7 Å². The van der Waals surface area contributed by atoms with Gasteiger partial charge in [0.15, 0.2) is 11.6 Å². The number of likely N-dealkylation sites (tertiary alicyclic amines) is 1. The van der Waals surface area contributed by atoms with Crippen molar-refractivity contribution in [3.63, 3.8) is 0 Å². The van der Waals surface area contributed by atoms with Gasteiger partial charge in [0, 0.05) is 16.7 Å². The first-order valence-electron chi connectivity index (χ1n) is 10.1. The zero-order valence-corrected chi connectivity index (χ0v) is 17.3. The Morgan fingerprint density at radius 3 is 2.44 bits per heavy atom. The van der Waals surface area contributed by atoms with E-state index in [1.807, 2.05) is 30.3 Å². The summed E-state index contributed by atoms with van der Waals surface area (Å²) < 4.78 is 33.8. The normalized spacial score (nSPS) is 17.9. The number of hydrogen-bond acceptors (Lipinski definition) is 3. The molecule has 164 valence electrons. The van der Waals surface area contributed by atoms with Crippen LogP contribution in [0.4, 0.5) is 8.78 Å². The van der Waals surface area contributed by atoms with Crippen LogP contribution >= 0.6 is 0 Å². The van der Waals surface area contributed by atoms with Crippen LogP contribution in [0.3, 0.4) is 0 Å². The number of carboxylic acid groups (broad SMARTS) is 1. The van der Waals surface area contributed by atoms with E-state index in [9.17, 15) is 23.5 Å². The molecule has 3 aromatic carbocycles. The summed E-state index contributed by atoms with van der Waals surface area (Å²) in [6, 6.07) is 16.0. The van der Waals surface area contributed by atoms with Crippen molar-refractivity contribution < 1.29 is 28.2 Å². The van der Waals surface area contributed by atoms with Crippen LogP contribution in [-0.2, 0) is 4.79 Å². The molecule has 5 nitrogen and oxygen atoms in total. The summed E-state index contributed by atoms with van der Waals surface area (Å²) in [6.45, 7) is 0. The molecule has 1 saturated heterocycles. The van der Waals surface area contributed by atoms with Crippen LogP contribution in [0.5, 0.6) is 5.75 Å². The summed E-state index contributed by atoms with van der Waals surface area (Å²) >= 11 is 0. The summed E-state index contributed by atoms with van der Waals surface area (Å²) in [4.78, 5) is 26.4. The molecule has 0 bridgehead atoms. The molecular weight excluding hydrogens is 416 g/mol. The zero-order chi connectivity index (χ0) is 22.8. The largest absolute Gasteiger partial charge is 0.496 e. The highest BCUT2D eigenvalue weighted by atomic mass is 19.2. The first-order chi connectivity index (χ1) is 15.4. The summed E-state index contributed by atoms with van der Waals surface area (Å²) in [7, 11) is 1.48. The highest BCUT2D eigenvalue weighted by molar-refractivity contribution is 5.98. The number of methoxy groups -OCH3 is 1.